The second-order valence-corrected chi connectivity index (χ2v) is 2.96. The van der Waals surface area contributed by atoms with Crippen LogP contribution in [0.4, 0.5) is 0 Å². The zero-order valence-electron chi connectivity index (χ0n) is 8.89. The third-order valence-electron chi connectivity index (χ3n) is 1.84. The van der Waals surface area contributed by atoms with E-state index < -0.39 is 7.32 Å². The minimum atomic E-state index is -2.05. The van der Waals surface area contributed by atoms with Crippen molar-refractivity contribution < 1.29 is 24.5 Å². The molecule has 0 fully saturated rings. The molecule has 2 aromatic rings. The van der Waals surface area contributed by atoms with Crippen LogP contribution in [-0.2, 0) is 14.5 Å². The van der Waals surface area contributed by atoms with Crippen LogP contribution in [0.15, 0.2) is 48.5 Å². The number of carbonyl (C=O) groups excluding carboxylic acids is 1. The molecule has 0 saturated carbocycles. The molecule has 0 bridgehead atoms. The molecule has 0 aliphatic rings. The summed E-state index contributed by atoms with van der Waals surface area (Å²) in [5, 5.41) is 18.1. The molecule has 0 aliphatic heterocycles. The number of carbonyl (C=O) groups is 1. The molecule has 0 unspecified atom stereocenters. The average molecular weight is 234 g/mol. The lowest BCUT2D eigenvalue weighted by Crippen LogP contribution is -2.16. The Hall–Kier alpha value is -1.89. The monoisotopic (exact) mass is 234 g/mol. The lowest BCUT2D eigenvalue weighted by Gasteiger charge is -1.92. The molecule has 0 saturated heterocycles. The van der Waals surface area contributed by atoms with Crippen molar-refractivity contribution in [2.75, 3.05) is 0 Å². The number of rotatable bonds is 3. The van der Waals surface area contributed by atoms with Gasteiger partial charge in [-0.3, -0.25) is 4.79 Å². The fraction of sp³-hybridized carbons (Fsp3) is 0. The van der Waals surface area contributed by atoms with Gasteiger partial charge in [0.25, 0.3) is 0 Å². The van der Waals surface area contributed by atoms with Crippen LogP contribution in [0.25, 0.3) is 10.8 Å². The molecule has 5 nitrogen and oxygen atoms in total. The number of benzene rings is 2. The molecule has 88 valence electrons. The highest BCUT2D eigenvalue weighted by atomic mass is 17.2. The van der Waals surface area contributed by atoms with Crippen LogP contribution >= 0.6 is 0 Å². The molecule has 2 aromatic carbocycles. The van der Waals surface area contributed by atoms with Gasteiger partial charge in [0.2, 0.25) is 0 Å². The molecule has 0 amide bonds. The highest BCUT2D eigenvalue weighted by molar-refractivity contribution is 6.32. The van der Waals surface area contributed by atoms with Crippen molar-refractivity contribution in [3.05, 3.63) is 48.5 Å². The van der Waals surface area contributed by atoms with Crippen molar-refractivity contribution in [1.29, 1.82) is 0 Å². The lowest BCUT2D eigenvalue weighted by molar-refractivity contribution is -0.213. The minimum absolute atomic E-state index is 0.0700. The Morgan fingerprint density at radius 2 is 1.35 bits per heavy atom. The smallest absolute Gasteiger partial charge is 0.400 e. The summed E-state index contributed by atoms with van der Waals surface area (Å²) in [6.45, 7) is -0.0700. The second kappa shape index (κ2) is 7.40. The van der Waals surface area contributed by atoms with E-state index in [-0.39, 0.29) is 6.47 Å². The van der Waals surface area contributed by atoms with E-state index in [4.69, 9.17) is 14.8 Å². The normalized spacial score (nSPS) is 9.06. The second-order valence-electron chi connectivity index (χ2n) is 2.96. The summed E-state index contributed by atoms with van der Waals surface area (Å²) >= 11 is 0. The van der Waals surface area contributed by atoms with Gasteiger partial charge in [0.05, 0.1) is 0 Å². The summed E-state index contributed by atoms with van der Waals surface area (Å²) in [7, 11) is -2.05. The van der Waals surface area contributed by atoms with Crippen molar-refractivity contribution in [3.63, 3.8) is 0 Å². The molecule has 6 heteroatoms. The lowest BCUT2D eigenvalue weighted by atomic mass is 10.1. The maximum atomic E-state index is 9.14. The summed E-state index contributed by atoms with van der Waals surface area (Å²) in [6.07, 6.45) is 0. The third-order valence-corrected chi connectivity index (χ3v) is 1.84. The van der Waals surface area contributed by atoms with Gasteiger partial charge in [-0.15, -0.1) is 0 Å². The first-order chi connectivity index (χ1) is 8.24. The summed E-state index contributed by atoms with van der Waals surface area (Å²) in [5.41, 5.74) is 0. The van der Waals surface area contributed by atoms with Crippen molar-refractivity contribution in [2.45, 2.75) is 0 Å². The summed E-state index contributed by atoms with van der Waals surface area (Å²) in [6, 6.07) is 16.7. The molecule has 0 spiro atoms. The Morgan fingerprint density at radius 1 is 0.941 bits per heavy atom. The van der Waals surface area contributed by atoms with Crippen LogP contribution in [0.3, 0.4) is 0 Å². The molecule has 0 heterocycles. The van der Waals surface area contributed by atoms with E-state index in [9.17, 15) is 0 Å². The summed E-state index contributed by atoms with van der Waals surface area (Å²) < 4.78 is 0. The van der Waals surface area contributed by atoms with Gasteiger partial charge in [0.15, 0.2) is 0 Å². The quantitative estimate of drug-likeness (QED) is 0.357. The van der Waals surface area contributed by atoms with Crippen molar-refractivity contribution in [3.8, 4) is 0 Å². The molecular weight excluding hydrogens is 223 g/mol. The fourth-order valence-corrected chi connectivity index (χ4v) is 1.21. The van der Waals surface area contributed by atoms with Crippen LogP contribution in [0.1, 0.15) is 0 Å². The molecule has 0 aliphatic carbocycles. The first-order valence-corrected chi connectivity index (χ1v) is 4.79. The molecule has 0 aromatic heterocycles. The first-order valence-electron chi connectivity index (χ1n) is 4.79. The van der Waals surface area contributed by atoms with Crippen molar-refractivity contribution in [2.24, 2.45) is 0 Å². The number of hydrogen-bond donors (Lipinski definition) is 2. The Morgan fingerprint density at radius 3 is 1.59 bits per heavy atom. The average Bonchev–Trinajstić information content (AvgIpc) is 2.37. The van der Waals surface area contributed by atoms with Gasteiger partial charge in [-0.05, 0) is 10.8 Å². The van der Waals surface area contributed by atoms with Gasteiger partial charge in [-0.2, -0.15) is 4.81 Å². The molecular formula is C11H11BO5. The van der Waals surface area contributed by atoms with Crippen LogP contribution in [0.5, 0.6) is 0 Å². The van der Waals surface area contributed by atoms with Crippen molar-refractivity contribution in [1.82, 2.24) is 0 Å². The predicted molar refractivity (Wildman–Crippen MR) is 62.4 cm³/mol. The van der Waals surface area contributed by atoms with Gasteiger partial charge < -0.3 is 14.9 Å². The Balaban J connectivity index is 0.000000185. The molecule has 17 heavy (non-hydrogen) atoms. The topological polar surface area (TPSA) is 76.0 Å². The maximum Gasteiger partial charge on any atom is 0.673 e. The highest BCUT2D eigenvalue weighted by Gasteiger charge is 2.08. The molecule has 2 rings (SSSR count). The van der Waals surface area contributed by atoms with E-state index in [0.29, 0.717) is 0 Å². The van der Waals surface area contributed by atoms with Gasteiger partial charge >= 0.3 is 13.8 Å². The van der Waals surface area contributed by atoms with E-state index in [0.717, 1.165) is 0 Å². The van der Waals surface area contributed by atoms with Gasteiger partial charge in [-0.25, -0.2) is 0 Å². The Kier molecular flexibility index (Phi) is 5.74. The largest absolute Gasteiger partial charge is 0.673 e. The Bertz CT molecular complexity index is 395. The SMILES string of the molecule is O=COOB(O)O.c1ccc2ccccc2c1. The highest BCUT2D eigenvalue weighted by Crippen LogP contribution is 2.11. The molecule has 2 N–H and O–H groups in total. The summed E-state index contributed by atoms with van der Waals surface area (Å²) in [4.78, 5) is 16.0. The van der Waals surface area contributed by atoms with E-state index in [1.807, 2.05) is 0 Å². The Labute approximate surface area is 98.3 Å². The molecule has 0 radical (unpaired) electrons. The number of hydrogen-bond acceptors (Lipinski definition) is 5. The summed E-state index contributed by atoms with van der Waals surface area (Å²) in [5.74, 6) is 0. The van der Waals surface area contributed by atoms with Crippen LogP contribution in [0, 0.1) is 0 Å². The molecule has 0 atom stereocenters. The van der Waals surface area contributed by atoms with Crippen LogP contribution in [0.2, 0.25) is 0 Å². The third kappa shape index (κ3) is 5.12. The van der Waals surface area contributed by atoms with Gasteiger partial charge in [0.1, 0.15) is 0 Å². The predicted octanol–water partition coefficient (Wildman–Crippen LogP) is 0.900. The zero-order chi connectivity index (χ0) is 12.5. The fourth-order valence-electron chi connectivity index (χ4n) is 1.21. The first kappa shape index (κ1) is 13.2. The van der Waals surface area contributed by atoms with Crippen molar-refractivity contribution >= 4 is 24.6 Å². The van der Waals surface area contributed by atoms with E-state index in [1.165, 1.54) is 10.8 Å². The maximum absolute atomic E-state index is 9.14. The standard InChI is InChI=1S/C10H8.CH3BO5/c1-2-6-10-8-4-3-7-9(10)5-1;3-1-6-7-2(4)5/h1-8H;1,4-5H. The van der Waals surface area contributed by atoms with E-state index >= 15 is 0 Å². The number of fused-ring (bicyclic) bond motifs is 1. The van der Waals surface area contributed by atoms with Gasteiger partial charge in [-0.1, -0.05) is 48.5 Å². The van der Waals surface area contributed by atoms with Crippen LogP contribution < -0.4 is 0 Å². The minimum Gasteiger partial charge on any atom is -0.400 e. The zero-order valence-corrected chi connectivity index (χ0v) is 8.89. The van der Waals surface area contributed by atoms with Gasteiger partial charge in [0, 0.05) is 0 Å². The van der Waals surface area contributed by atoms with Crippen LogP contribution in [-0.4, -0.2) is 23.8 Å². The van der Waals surface area contributed by atoms with E-state index in [2.05, 4.69) is 58.2 Å². The van der Waals surface area contributed by atoms with E-state index in [1.54, 1.807) is 0 Å².